The summed E-state index contributed by atoms with van der Waals surface area (Å²) < 4.78 is 0. The summed E-state index contributed by atoms with van der Waals surface area (Å²) in [6, 6.07) is 9.83. The van der Waals surface area contributed by atoms with Gasteiger partial charge in [-0.25, -0.2) is 0 Å². The lowest BCUT2D eigenvalue weighted by molar-refractivity contribution is -0.126. The van der Waals surface area contributed by atoms with Crippen molar-refractivity contribution < 1.29 is 4.79 Å². The van der Waals surface area contributed by atoms with Crippen LogP contribution in [0.2, 0.25) is 0 Å². The largest absolute Gasteiger partial charge is 0.366 e. The summed E-state index contributed by atoms with van der Waals surface area (Å²) in [4.78, 5) is 22.1. The Hall–Kier alpha value is -2.43. The van der Waals surface area contributed by atoms with Crippen molar-refractivity contribution >= 4 is 24.5 Å². The Bertz CT molecular complexity index is 565. The van der Waals surface area contributed by atoms with Crippen LogP contribution < -0.4 is 5.32 Å². The molecule has 1 atom stereocenters. The van der Waals surface area contributed by atoms with Gasteiger partial charge in [0.2, 0.25) is 0 Å². The highest BCUT2D eigenvalue weighted by atomic mass is 16.2. The monoisotopic (exact) mass is 298 g/mol. The molecule has 1 aromatic carbocycles. The van der Waals surface area contributed by atoms with Crippen molar-refractivity contribution in [1.29, 1.82) is 0 Å². The standard InChI is InChI=1S/C17H22N4O/c1-14-9-11-21(12-14)17(22)16(18-2)8-10-19-13-20-15-6-4-3-5-7-15/h3-8,10,14,20H,2,9,11-13H2,1H3/b16-8-,19-10?. The first kappa shape index (κ1) is 15.9. The minimum atomic E-state index is -0.0678. The van der Waals surface area contributed by atoms with E-state index in [9.17, 15) is 4.79 Å². The predicted octanol–water partition coefficient (Wildman–Crippen LogP) is 2.58. The lowest BCUT2D eigenvalue weighted by Crippen LogP contribution is -2.29. The third-order valence-electron chi connectivity index (χ3n) is 3.59. The molecule has 1 heterocycles. The van der Waals surface area contributed by atoms with E-state index < -0.39 is 0 Å². The van der Waals surface area contributed by atoms with E-state index in [1.54, 1.807) is 12.3 Å². The SMILES string of the molecule is C=N/C(=C\C=NCNc1ccccc1)C(=O)N1CCC(C)C1. The Balaban J connectivity index is 1.85. The van der Waals surface area contributed by atoms with Crippen LogP contribution in [0.1, 0.15) is 13.3 Å². The minimum Gasteiger partial charge on any atom is -0.366 e. The first-order valence-corrected chi connectivity index (χ1v) is 7.45. The van der Waals surface area contributed by atoms with Gasteiger partial charge in [-0.05, 0) is 37.3 Å². The Kier molecular flexibility index (Phi) is 5.89. The van der Waals surface area contributed by atoms with Gasteiger partial charge in [0, 0.05) is 25.0 Å². The van der Waals surface area contributed by atoms with E-state index in [2.05, 4.69) is 28.9 Å². The summed E-state index contributed by atoms with van der Waals surface area (Å²) in [5, 5.41) is 3.16. The van der Waals surface area contributed by atoms with Crippen LogP contribution in [0, 0.1) is 5.92 Å². The summed E-state index contributed by atoms with van der Waals surface area (Å²) in [6.07, 6.45) is 4.26. The normalized spacial score (nSPS) is 18.7. The number of benzene rings is 1. The van der Waals surface area contributed by atoms with Crippen LogP contribution in [0.25, 0.3) is 0 Å². The number of carbonyl (C=O) groups excluding carboxylic acids is 1. The van der Waals surface area contributed by atoms with Gasteiger partial charge >= 0.3 is 0 Å². The van der Waals surface area contributed by atoms with Crippen molar-refractivity contribution in [2.75, 3.05) is 25.1 Å². The molecular weight excluding hydrogens is 276 g/mol. The number of aliphatic imine (C=N–C) groups is 2. The number of nitrogens with one attached hydrogen (secondary N) is 1. The second kappa shape index (κ2) is 8.12. The quantitative estimate of drug-likeness (QED) is 0.648. The molecule has 22 heavy (non-hydrogen) atoms. The van der Waals surface area contributed by atoms with Crippen molar-refractivity contribution in [3.8, 4) is 0 Å². The molecule has 2 rings (SSSR count). The first-order chi connectivity index (χ1) is 10.7. The smallest absolute Gasteiger partial charge is 0.272 e. The second-order valence-electron chi connectivity index (χ2n) is 5.39. The minimum absolute atomic E-state index is 0.0678. The highest BCUT2D eigenvalue weighted by Crippen LogP contribution is 2.17. The van der Waals surface area contributed by atoms with E-state index in [0.717, 1.165) is 25.2 Å². The zero-order valence-electron chi connectivity index (χ0n) is 12.9. The van der Waals surface area contributed by atoms with Crippen LogP contribution in [-0.2, 0) is 4.79 Å². The molecule has 1 aliphatic rings. The fourth-order valence-corrected chi connectivity index (χ4v) is 2.34. The zero-order chi connectivity index (χ0) is 15.8. The number of nitrogens with zero attached hydrogens (tertiary/aromatic N) is 3. The van der Waals surface area contributed by atoms with E-state index in [4.69, 9.17) is 0 Å². The van der Waals surface area contributed by atoms with Crippen LogP contribution in [0.5, 0.6) is 0 Å². The van der Waals surface area contributed by atoms with E-state index in [0.29, 0.717) is 18.3 Å². The third kappa shape index (κ3) is 4.55. The molecule has 1 unspecified atom stereocenters. The number of rotatable bonds is 6. The van der Waals surface area contributed by atoms with Crippen LogP contribution in [0.4, 0.5) is 5.69 Å². The number of hydrogen-bond donors (Lipinski definition) is 1. The average molecular weight is 298 g/mol. The summed E-state index contributed by atoms with van der Waals surface area (Å²) >= 11 is 0. The molecule has 1 aromatic rings. The van der Waals surface area contributed by atoms with Crippen molar-refractivity contribution in [3.05, 3.63) is 42.1 Å². The fraction of sp³-hybridized carbons (Fsp3) is 0.353. The molecule has 1 fully saturated rings. The average Bonchev–Trinajstić information content (AvgIpc) is 2.98. The molecule has 0 bridgehead atoms. The van der Waals surface area contributed by atoms with E-state index in [1.165, 1.54) is 0 Å². The summed E-state index contributed by atoms with van der Waals surface area (Å²) in [5.74, 6) is 0.487. The fourth-order valence-electron chi connectivity index (χ4n) is 2.34. The van der Waals surface area contributed by atoms with Gasteiger partial charge in [-0.15, -0.1) is 0 Å². The summed E-state index contributed by atoms with van der Waals surface area (Å²) in [5.41, 5.74) is 1.35. The molecule has 0 spiro atoms. The van der Waals surface area contributed by atoms with Gasteiger partial charge in [0.1, 0.15) is 12.4 Å². The lowest BCUT2D eigenvalue weighted by Gasteiger charge is -2.15. The van der Waals surface area contributed by atoms with Crippen molar-refractivity contribution in [1.82, 2.24) is 4.90 Å². The molecule has 1 amide bonds. The molecule has 1 N–H and O–H groups in total. The van der Waals surface area contributed by atoms with Crippen LogP contribution in [0.3, 0.4) is 0 Å². The number of allylic oxidation sites excluding steroid dienone is 1. The van der Waals surface area contributed by atoms with Crippen molar-refractivity contribution in [2.24, 2.45) is 15.9 Å². The molecule has 116 valence electrons. The first-order valence-electron chi connectivity index (χ1n) is 7.45. The molecule has 0 aromatic heterocycles. The maximum Gasteiger partial charge on any atom is 0.272 e. The molecule has 1 aliphatic heterocycles. The highest BCUT2D eigenvalue weighted by Gasteiger charge is 2.24. The Morgan fingerprint density at radius 2 is 2.23 bits per heavy atom. The molecular formula is C17H22N4O. The van der Waals surface area contributed by atoms with Crippen molar-refractivity contribution in [3.63, 3.8) is 0 Å². The van der Waals surface area contributed by atoms with Gasteiger partial charge in [-0.3, -0.25) is 14.8 Å². The Morgan fingerprint density at radius 3 is 2.86 bits per heavy atom. The number of amides is 1. The molecule has 0 aliphatic carbocycles. The lowest BCUT2D eigenvalue weighted by atomic mass is 10.2. The Labute approximate surface area is 131 Å². The molecule has 0 saturated carbocycles. The number of hydrogen-bond acceptors (Lipinski definition) is 4. The van der Waals surface area contributed by atoms with Gasteiger partial charge in [0.25, 0.3) is 5.91 Å². The number of anilines is 1. The maximum atomic E-state index is 12.3. The molecule has 1 saturated heterocycles. The molecule has 5 heteroatoms. The topological polar surface area (TPSA) is 57.1 Å². The summed E-state index contributed by atoms with van der Waals surface area (Å²) in [7, 11) is 0. The van der Waals surface area contributed by atoms with Crippen molar-refractivity contribution in [2.45, 2.75) is 13.3 Å². The van der Waals surface area contributed by atoms with Crippen LogP contribution in [-0.4, -0.2) is 43.5 Å². The van der Waals surface area contributed by atoms with E-state index >= 15 is 0 Å². The van der Waals surface area contributed by atoms with E-state index in [-0.39, 0.29) is 5.91 Å². The maximum absolute atomic E-state index is 12.3. The molecule has 0 radical (unpaired) electrons. The zero-order valence-corrected chi connectivity index (χ0v) is 12.9. The highest BCUT2D eigenvalue weighted by molar-refractivity contribution is 5.97. The predicted molar refractivity (Wildman–Crippen MR) is 91.4 cm³/mol. The molecule has 5 nitrogen and oxygen atoms in total. The van der Waals surface area contributed by atoms with Crippen LogP contribution >= 0.6 is 0 Å². The third-order valence-corrected chi connectivity index (χ3v) is 3.59. The second-order valence-corrected chi connectivity index (χ2v) is 5.39. The van der Waals surface area contributed by atoms with Gasteiger partial charge in [-0.2, -0.15) is 0 Å². The van der Waals surface area contributed by atoms with Gasteiger partial charge in [0.05, 0.1) is 0 Å². The summed E-state index contributed by atoms with van der Waals surface area (Å²) in [6.45, 7) is 7.65. The Morgan fingerprint density at radius 1 is 1.45 bits per heavy atom. The van der Waals surface area contributed by atoms with Crippen LogP contribution in [0.15, 0.2) is 52.1 Å². The van der Waals surface area contributed by atoms with E-state index in [1.807, 2.05) is 35.2 Å². The van der Waals surface area contributed by atoms with Gasteiger partial charge in [0.15, 0.2) is 0 Å². The number of likely N-dealkylation sites (tertiary alicyclic amines) is 1. The van der Waals surface area contributed by atoms with Gasteiger partial charge < -0.3 is 10.2 Å². The number of para-hydroxylation sites is 1. The number of carbonyl (C=O) groups is 1. The van der Waals surface area contributed by atoms with Gasteiger partial charge in [-0.1, -0.05) is 25.1 Å².